The number of aromatic nitrogens is 1. The van der Waals surface area contributed by atoms with Crippen molar-refractivity contribution in [1.82, 2.24) is 10.4 Å². The molecule has 3 aromatic carbocycles. The highest BCUT2D eigenvalue weighted by Crippen LogP contribution is 2.27. The zero-order valence-electron chi connectivity index (χ0n) is 19.9. The van der Waals surface area contributed by atoms with Gasteiger partial charge in [0.25, 0.3) is 5.91 Å². The number of nitrogens with one attached hydrogen (secondary N) is 1. The van der Waals surface area contributed by atoms with Crippen LogP contribution in [0.4, 0.5) is 0 Å². The molecule has 7 heteroatoms. The van der Waals surface area contributed by atoms with E-state index in [0.29, 0.717) is 34.9 Å². The highest BCUT2D eigenvalue weighted by Gasteiger charge is 2.14. The van der Waals surface area contributed by atoms with Gasteiger partial charge in [0.05, 0.1) is 43.8 Å². The number of hydrazone groups is 1. The molecular weight excluding hydrogens is 442 g/mol. The number of carbonyl (C=O) groups excluding carboxylic acids is 1. The first-order valence-electron chi connectivity index (χ1n) is 11.3. The molecule has 1 aromatic heterocycles. The molecule has 0 atom stereocenters. The van der Waals surface area contributed by atoms with Crippen molar-refractivity contribution >= 4 is 23.0 Å². The third kappa shape index (κ3) is 5.58. The van der Waals surface area contributed by atoms with E-state index in [4.69, 9.17) is 19.2 Å². The molecule has 0 saturated carbocycles. The van der Waals surface area contributed by atoms with Crippen molar-refractivity contribution in [3.8, 4) is 28.5 Å². The summed E-state index contributed by atoms with van der Waals surface area (Å²) in [6.07, 6.45) is 2.47. The summed E-state index contributed by atoms with van der Waals surface area (Å²) in [5.41, 5.74) is 6.08. The lowest BCUT2D eigenvalue weighted by molar-refractivity contribution is 0.0956. The molecule has 1 amide bonds. The van der Waals surface area contributed by atoms with Crippen LogP contribution < -0.4 is 19.6 Å². The molecule has 35 heavy (non-hydrogen) atoms. The molecule has 0 aliphatic rings. The van der Waals surface area contributed by atoms with Gasteiger partial charge in [-0.1, -0.05) is 25.1 Å². The van der Waals surface area contributed by atoms with Crippen LogP contribution in [0, 0.1) is 0 Å². The summed E-state index contributed by atoms with van der Waals surface area (Å²) in [5, 5.41) is 4.90. The summed E-state index contributed by atoms with van der Waals surface area (Å²) < 4.78 is 16.3. The van der Waals surface area contributed by atoms with E-state index in [0.717, 1.165) is 28.6 Å². The van der Waals surface area contributed by atoms with Crippen molar-refractivity contribution in [3.63, 3.8) is 0 Å². The zero-order valence-corrected chi connectivity index (χ0v) is 19.9. The summed E-state index contributed by atoms with van der Waals surface area (Å²) in [4.78, 5) is 17.9. The smallest absolute Gasteiger partial charge is 0.272 e. The molecule has 0 spiro atoms. The van der Waals surface area contributed by atoms with Gasteiger partial charge < -0.3 is 14.2 Å². The highest BCUT2D eigenvalue weighted by atomic mass is 16.5. The van der Waals surface area contributed by atoms with Crippen molar-refractivity contribution < 1.29 is 19.0 Å². The summed E-state index contributed by atoms with van der Waals surface area (Å²) in [6.45, 7) is 2.73. The molecule has 0 aliphatic heterocycles. The van der Waals surface area contributed by atoms with Crippen LogP contribution in [-0.2, 0) is 0 Å². The Morgan fingerprint density at radius 2 is 1.74 bits per heavy atom. The topological polar surface area (TPSA) is 82.0 Å². The lowest BCUT2D eigenvalue weighted by Gasteiger charge is -2.10. The van der Waals surface area contributed by atoms with Crippen molar-refractivity contribution in [2.45, 2.75) is 13.3 Å². The average Bonchev–Trinajstić information content (AvgIpc) is 2.91. The Labute approximate surface area is 204 Å². The number of hydrogen-bond donors (Lipinski definition) is 1. The van der Waals surface area contributed by atoms with Crippen LogP contribution in [0.25, 0.3) is 22.2 Å². The lowest BCUT2D eigenvalue weighted by atomic mass is 10.0. The first-order chi connectivity index (χ1) is 17.1. The number of benzene rings is 3. The number of pyridine rings is 1. The van der Waals surface area contributed by atoms with Crippen LogP contribution in [0.15, 0.2) is 77.9 Å². The molecule has 1 heterocycles. The molecule has 0 fully saturated rings. The number of fused-ring (bicyclic) bond motifs is 1. The van der Waals surface area contributed by atoms with E-state index >= 15 is 0 Å². The third-order valence-corrected chi connectivity index (χ3v) is 5.39. The number of para-hydroxylation sites is 1. The standard InChI is InChI=1S/C28H27N3O4/c1-4-15-35-21-11-9-19(10-12-21)26-17-24(23-7-5-6-8-25(23)30-26)28(32)31-29-18-20-16-22(33-2)13-14-27(20)34-3/h5-14,16-18H,4,15H2,1-3H3,(H,31,32)/b29-18-. The van der Waals surface area contributed by atoms with Crippen LogP contribution in [0.1, 0.15) is 29.3 Å². The predicted octanol–water partition coefficient (Wildman–Crippen LogP) is 5.47. The molecule has 4 aromatic rings. The van der Waals surface area contributed by atoms with Crippen molar-refractivity contribution in [3.05, 3.63) is 83.9 Å². The number of ether oxygens (including phenoxy) is 3. The molecule has 0 aliphatic carbocycles. The molecule has 0 unspecified atom stereocenters. The molecule has 7 nitrogen and oxygen atoms in total. The van der Waals surface area contributed by atoms with Crippen LogP contribution in [0.3, 0.4) is 0 Å². The van der Waals surface area contributed by atoms with Crippen molar-refractivity contribution in [2.24, 2.45) is 5.10 Å². The molecule has 4 rings (SSSR count). The summed E-state index contributed by atoms with van der Waals surface area (Å²) in [6, 6.07) is 22.4. The largest absolute Gasteiger partial charge is 0.497 e. The van der Waals surface area contributed by atoms with E-state index in [-0.39, 0.29) is 5.91 Å². The third-order valence-electron chi connectivity index (χ3n) is 5.39. The van der Waals surface area contributed by atoms with E-state index < -0.39 is 0 Å². The summed E-state index contributed by atoms with van der Waals surface area (Å²) in [7, 11) is 3.16. The van der Waals surface area contributed by atoms with E-state index in [1.54, 1.807) is 38.5 Å². The van der Waals surface area contributed by atoms with Crippen molar-refractivity contribution in [1.29, 1.82) is 0 Å². The average molecular weight is 470 g/mol. The van der Waals surface area contributed by atoms with Crippen molar-refractivity contribution in [2.75, 3.05) is 20.8 Å². The first kappa shape index (κ1) is 23.8. The Balaban J connectivity index is 1.62. The quantitative estimate of drug-likeness (QED) is 0.260. The lowest BCUT2D eigenvalue weighted by Crippen LogP contribution is -2.18. The minimum Gasteiger partial charge on any atom is -0.497 e. The molecule has 178 valence electrons. The number of rotatable bonds is 9. The molecule has 0 saturated heterocycles. The van der Waals surface area contributed by atoms with E-state index in [1.807, 2.05) is 48.5 Å². The summed E-state index contributed by atoms with van der Waals surface area (Å²) >= 11 is 0. The second-order valence-corrected chi connectivity index (χ2v) is 7.75. The fourth-order valence-electron chi connectivity index (χ4n) is 3.61. The van der Waals surface area contributed by atoms with Gasteiger partial charge in [-0.25, -0.2) is 10.4 Å². The van der Waals surface area contributed by atoms with Crippen LogP contribution in [-0.4, -0.2) is 37.9 Å². The fourth-order valence-corrected chi connectivity index (χ4v) is 3.61. The second kappa shape index (κ2) is 11.2. The molecule has 0 radical (unpaired) electrons. The van der Waals surface area contributed by atoms with Gasteiger partial charge >= 0.3 is 0 Å². The minimum atomic E-state index is -0.342. The van der Waals surface area contributed by atoms with Gasteiger partial charge in [0.15, 0.2) is 0 Å². The number of amides is 1. The Morgan fingerprint density at radius 3 is 2.49 bits per heavy atom. The Morgan fingerprint density at radius 1 is 0.971 bits per heavy atom. The van der Waals surface area contributed by atoms with E-state index in [2.05, 4.69) is 17.5 Å². The van der Waals surface area contributed by atoms with Gasteiger partial charge in [0.1, 0.15) is 17.2 Å². The maximum absolute atomic E-state index is 13.2. The van der Waals surface area contributed by atoms with Gasteiger partial charge in [-0.3, -0.25) is 4.79 Å². The number of methoxy groups -OCH3 is 2. The van der Waals surface area contributed by atoms with Gasteiger partial charge in [0, 0.05) is 16.5 Å². The van der Waals surface area contributed by atoms with Crippen LogP contribution in [0.5, 0.6) is 17.2 Å². The maximum atomic E-state index is 13.2. The highest BCUT2D eigenvalue weighted by molar-refractivity contribution is 6.07. The Hall–Kier alpha value is -4.39. The molecule has 0 bridgehead atoms. The maximum Gasteiger partial charge on any atom is 0.272 e. The molecular formula is C28H27N3O4. The fraction of sp³-hybridized carbons (Fsp3) is 0.179. The number of carbonyl (C=O) groups is 1. The van der Waals surface area contributed by atoms with E-state index in [9.17, 15) is 4.79 Å². The number of hydrogen-bond acceptors (Lipinski definition) is 6. The Bertz CT molecular complexity index is 1350. The zero-order chi connectivity index (χ0) is 24.6. The normalized spacial score (nSPS) is 10.9. The number of nitrogens with zero attached hydrogens (tertiary/aromatic N) is 2. The van der Waals surface area contributed by atoms with Gasteiger partial charge in [-0.05, 0) is 61.0 Å². The van der Waals surface area contributed by atoms with Gasteiger partial charge in [0.2, 0.25) is 0 Å². The van der Waals surface area contributed by atoms with Gasteiger partial charge in [-0.15, -0.1) is 0 Å². The monoisotopic (exact) mass is 469 g/mol. The van der Waals surface area contributed by atoms with Crippen LogP contribution >= 0.6 is 0 Å². The predicted molar refractivity (Wildman–Crippen MR) is 138 cm³/mol. The summed E-state index contributed by atoms with van der Waals surface area (Å²) in [5.74, 6) is 1.74. The SMILES string of the molecule is CCCOc1ccc(-c2cc(C(=O)N/N=C\c3cc(OC)ccc3OC)c3ccccc3n2)cc1. The second-order valence-electron chi connectivity index (χ2n) is 7.75. The van der Waals surface area contributed by atoms with Gasteiger partial charge in [-0.2, -0.15) is 5.10 Å². The van der Waals surface area contributed by atoms with Crippen LogP contribution in [0.2, 0.25) is 0 Å². The van der Waals surface area contributed by atoms with E-state index in [1.165, 1.54) is 6.21 Å². The minimum absolute atomic E-state index is 0.342. The Kier molecular flexibility index (Phi) is 7.57. The molecule has 1 N–H and O–H groups in total. The first-order valence-corrected chi connectivity index (χ1v) is 11.3.